The molecule has 9 nitrogen and oxygen atoms in total. The van der Waals surface area contributed by atoms with E-state index < -0.39 is 5.60 Å². The van der Waals surface area contributed by atoms with E-state index in [2.05, 4.69) is 32.7 Å². The zero-order chi connectivity index (χ0) is 23.1. The van der Waals surface area contributed by atoms with Crippen molar-refractivity contribution in [2.24, 2.45) is 4.99 Å². The van der Waals surface area contributed by atoms with Crippen LogP contribution in [0.25, 0.3) is 0 Å². The number of carbonyl (C=O) groups is 2. The van der Waals surface area contributed by atoms with Crippen molar-refractivity contribution < 1.29 is 14.3 Å². The van der Waals surface area contributed by atoms with Gasteiger partial charge in [0, 0.05) is 65.0 Å². The van der Waals surface area contributed by atoms with Crippen LogP contribution in [-0.4, -0.2) is 92.3 Å². The maximum Gasteiger partial charge on any atom is 0.410 e. The van der Waals surface area contributed by atoms with Gasteiger partial charge in [0.25, 0.3) is 0 Å². The molecule has 0 radical (unpaired) electrons. The van der Waals surface area contributed by atoms with Crippen LogP contribution in [-0.2, 0) is 9.53 Å². The predicted molar refractivity (Wildman–Crippen MR) is 126 cm³/mol. The third-order valence-electron chi connectivity index (χ3n) is 5.48. The summed E-state index contributed by atoms with van der Waals surface area (Å²) in [5.74, 6) is 0.793. The third-order valence-corrected chi connectivity index (χ3v) is 5.48. The first-order valence-corrected chi connectivity index (χ1v) is 11.3. The highest BCUT2D eigenvalue weighted by atomic mass is 16.6. The van der Waals surface area contributed by atoms with Gasteiger partial charge >= 0.3 is 6.09 Å². The number of nitrogens with zero attached hydrogens (tertiary/aromatic N) is 4. The summed E-state index contributed by atoms with van der Waals surface area (Å²) in [6, 6.07) is 10.4. The molecular formula is C23H36N6O3. The van der Waals surface area contributed by atoms with Gasteiger partial charge in [-0.05, 0) is 32.9 Å². The summed E-state index contributed by atoms with van der Waals surface area (Å²) in [4.78, 5) is 34.7. The fourth-order valence-corrected chi connectivity index (χ4v) is 3.73. The van der Waals surface area contributed by atoms with Crippen LogP contribution in [0.4, 0.5) is 10.5 Å². The van der Waals surface area contributed by atoms with E-state index in [1.165, 1.54) is 5.69 Å². The zero-order valence-electron chi connectivity index (χ0n) is 19.6. The van der Waals surface area contributed by atoms with Crippen molar-refractivity contribution in [2.45, 2.75) is 38.8 Å². The molecule has 2 amide bonds. The summed E-state index contributed by atoms with van der Waals surface area (Å²) in [6.45, 7) is 10.4. The molecule has 2 aliphatic heterocycles. The van der Waals surface area contributed by atoms with E-state index in [4.69, 9.17) is 4.74 Å². The molecule has 2 saturated heterocycles. The highest BCUT2D eigenvalue weighted by Gasteiger charge is 2.34. The SMILES string of the molecule is CN=C(NCCC(=O)N1CCN(c2ccccc2)CC1)NC1CN(C(=O)OC(C)(C)C)C1. The first-order chi connectivity index (χ1) is 15.2. The van der Waals surface area contributed by atoms with Crippen LogP contribution in [0.3, 0.4) is 0 Å². The number of benzene rings is 1. The van der Waals surface area contributed by atoms with Gasteiger partial charge in [0.15, 0.2) is 5.96 Å². The average Bonchev–Trinajstić information content (AvgIpc) is 2.74. The lowest BCUT2D eigenvalue weighted by Gasteiger charge is -2.40. The van der Waals surface area contributed by atoms with E-state index in [9.17, 15) is 9.59 Å². The second kappa shape index (κ2) is 10.6. The van der Waals surface area contributed by atoms with Crippen molar-refractivity contribution in [3.63, 3.8) is 0 Å². The molecule has 0 aliphatic carbocycles. The number of guanidine groups is 1. The molecule has 32 heavy (non-hydrogen) atoms. The van der Waals surface area contributed by atoms with Crippen LogP contribution < -0.4 is 15.5 Å². The smallest absolute Gasteiger partial charge is 0.410 e. The lowest BCUT2D eigenvalue weighted by atomic mass is 10.1. The van der Waals surface area contributed by atoms with Crippen molar-refractivity contribution in [3.8, 4) is 0 Å². The minimum Gasteiger partial charge on any atom is -0.444 e. The summed E-state index contributed by atoms with van der Waals surface area (Å²) < 4.78 is 5.37. The Morgan fingerprint density at radius 2 is 1.72 bits per heavy atom. The molecule has 9 heteroatoms. The number of amides is 2. The molecular weight excluding hydrogens is 408 g/mol. The van der Waals surface area contributed by atoms with Gasteiger partial charge in [-0.2, -0.15) is 0 Å². The standard InChI is InChI=1S/C23H36N6O3/c1-23(2,3)32-22(31)29-16-18(17-29)26-21(24-4)25-11-10-20(30)28-14-12-27(13-15-28)19-8-6-5-7-9-19/h5-9,18H,10-17H2,1-4H3,(H2,24,25,26). The fourth-order valence-electron chi connectivity index (χ4n) is 3.73. The van der Waals surface area contributed by atoms with E-state index in [1.54, 1.807) is 11.9 Å². The molecule has 2 N–H and O–H groups in total. The van der Waals surface area contributed by atoms with Gasteiger partial charge in [-0.1, -0.05) is 18.2 Å². The lowest BCUT2D eigenvalue weighted by molar-refractivity contribution is -0.131. The van der Waals surface area contributed by atoms with Gasteiger partial charge in [0.2, 0.25) is 5.91 Å². The number of ether oxygens (including phenoxy) is 1. The summed E-state index contributed by atoms with van der Waals surface area (Å²) in [6.07, 6.45) is 0.122. The molecule has 0 unspecified atom stereocenters. The van der Waals surface area contributed by atoms with Crippen LogP contribution in [0.5, 0.6) is 0 Å². The Bertz CT molecular complexity index is 794. The molecule has 0 aromatic heterocycles. The normalized spacial score (nSPS) is 17.6. The Morgan fingerprint density at radius 1 is 1.06 bits per heavy atom. The minimum atomic E-state index is -0.492. The fraction of sp³-hybridized carbons (Fsp3) is 0.609. The zero-order valence-corrected chi connectivity index (χ0v) is 19.6. The number of hydrogen-bond donors (Lipinski definition) is 2. The molecule has 1 aromatic rings. The first-order valence-electron chi connectivity index (χ1n) is 11.3. The average molecular weight is 445 g/mol. The molecule has 2 heterocycles. The van der Waals surface area contributed by atoms with Crippen molar-refractivity contribution in [3.05, 3.63) is 30.3 Å². The van der Waals surface area contributed by atoms with Crippen LogP contribution in [0.1, 0.15) is 27.2 Å². The van der Waals surface area contributed by atoms with Gasteiger partial charge in [-0.3, -0.25) is 9.79 Å². The maximum atomic E-state index is 12.6. The van der Waals surface area contributed by atoms with E-state index in [0.29, 0.717) is 32.0 Å². The number of nitrogens with one attached hydrogen (secondary N) is 2. The number of hydrogen-bond acceptors (Lipinski definition) is 5. The van der Waals surface area contributed by atoms with E-state index in [0.717, 1.165) is 26.2 Å². The number of rotatable bonds is 5. The Kier molecular flexibility index (Phi) is 7.82. The lowest BCUT2D eigenvalue weighted by Crippen LogP contribution is -2.63. The van der Waals surface area contributed by atoms with E-state index in [-0.39, 0.29) is 18.0 Å². The van der Waals surface area contributed by atoms with E-state index in [1.807, 2.05) is 43.9 Å². The van der Waals surface area contributed by atoms with Gasteiger partial charge in [-0.25, -0.2) is 4.79 Å². The van der Waals surface area contributed by atoms with Crippen LogP contribution in [0.2, 0.25) is 0 Å². The Morgan fingerprint density at radius 3 is 2.31 bits per heavy atom. The van der Waals surface area contributed by atoms with Gasteiger partial charge in [-0.15, -0.1) is 0 Å². The van der Waals surface area contributed by atoms with Gasteiger partial charge in [0.1, 0.15) is 5.60 Å². The summed E-state index contributed by atoms with van der Waals surface area (Å²) in [5, 5.41) is 6.49. The summed E-state index contributed by atoms with van der Waals surface area (Å²) in [5.41, 5.74) is 0.714. The molecule has 0 saturated carbocycles. The van der Waals surface area contributed by atoms with Crippen molar-refractivity contribution in [1.82, 2.24) is 20.4 Å². The highest BCUT2D eigenvalue weighted by Crippen LogP contribution is 2.16. The Labute approximate surface area is 190 Å². The van der Waals surface area contributed by atoms with Crippen LogP contribution in [0, 0.1) is 0 Å². The number of aliphatic imine (C=N–C) groups is 1. The van der Waals surface area contributed by atoms with Crippen LogP contribution in [0.15, 0.2) is 35.3 Å². The molecule has 2 fully saturated rings. The molecule has 2 aliphatic rings. The number of likely N-dealkylation sites (tertiary alicyclic amines) is 1. The number of piperazine rings is 1. The van der Waals surface area contributed by atoms with Crippen LogP contribution >= 0.6 is 0 Å². The largest absolute Gasteiger partial charge is 0.444 e. The molecule has 3 rings (SSSR count). The maximum absolute atomic E-state index is 12.6. The van der Waals surface area contributed by atoms with Crippen molar-refractivity contribution >= 4 is 23.6 Å². The molecule has 0 bridgehead atoms. The first kappa shape index (κ1) is 23.7. The molecule has 1 aromatic carbocycles. The van der Waals surface area contributed by atoms with Gasteiger partial charge in [0.05, 0.1) is 6.04 Å². The number of para-hydroxylation sites is 1. The predicted octanol–water partition coefficient (Wildman–Crippen LogP) is 1.51. The second-order valence-electron chi connectivity index (χ2n) is 9.18. The Balaban J connectivity index is 1.32. The number of anilines is 1. The molecule has 176 valence electrons. The van der Waals surface area contributed by atoms with Gasteiger partial charge < -0.3 is 30.1 Å². The minimum absolute atomic E-state index is 0.121. The highest BCUT2D eigenvalue weighted by molar-refractivity contribution is 5.82. The topological polar surface area (TPSA) is 89.5 Å². The monoisotopic (exact) mass is 444 g/mol. The molecule has 0 atom stereocenters. The van der Waals surface area contributed by atoms with Crippen molar-refractivity contribution in [2.75, 3.05) is 57.8 Å². The number of carbonyl (C=O) groups excluding carboxylic acids is 2. The van der Waals surface area contributed by atoms with Crippen molar-refractivity contribution in [1.29, 1.82) is 0 Å². The quantitative estimate of drug-likeness (QED) is 0.529. The second-order valence-corrected chi connectivity index (χ2v) is 9.18. The third kappa shape index (κ3) is 6.77. The summed E-state index contributed by atoms with van der Waals surface area (Å²) in [7, 11) is 1.70. The Hall–Kier alpha value is -2.97. The molecule has 0 spiro atoms. The van der Waals surface area contributed by atoms with E-state index >= 15 is 0 Å². The summed E-state index contributed by atoms with van der Waals surface area (Å²) >= 11 is 0.